The number of carbonyl (C=O) groups excluding carboxylic acids is 1. The molecular weight excluding hydrogens is 286 g/mol. The summed E-state index contributed by atoms with van der Waals surface area (Å²) in [6.45, 7) is 6.05. The Morgan fingerprint density at radius 1 is 1.43 bits per heavy atom. The van der Waals surface area contributed by atoms with Gasteiger partial charge in [0, 0.05) is 11.1 Å². The van der Waals surface area contributed by atoms with Crippen LogP contribution in [-0.4, -0.2) is 21.7 Å². The molecule has 0 spiro atoms. The Morgan fingerprint density at radius 2 is 2.19 bits per heavy atom. The molecule has 1 aromatic carbocycles. The predicted molar refractivity (Wildman–Crippen MR) is 85.2 cm³/mol. The predicted octanol–water partition coefficient (Wildman–Crippen LogP) is 3.62. The van der Waals surface area contributed by atoms with Crippen LogP contribution in [0.5, 0.6) is 0 Å². The van der Waals surface area contributed by atoms with E-state index in [1.54, 1.807) is 10.9 Å². The van der Waals surface area contributed by atoms with Gasteiger partial charge in [-0.3, -0.25) is 4.79 Å². The Hall–Kier alpha value is -1.81. The topological polar surface area (TPSA) is 46.9 Å². The van der Waals surface area contributed by atoms with Gasteiger partial charge in [-0.05, 0) is 38.0 Å². The number of benzene rings is 1. The molecule has 0 aliphatic heterocycles. The average molecular weight is 306 g/mol. The first-order chi connectivity index (χ1) is 10.1. The molecule has 2 rings (SSSR count). The maximum Gasteiger partial charge on any atom is 0.254 e. The molecule has 0 aliphatic rings. The molecule has 4 nitrogen and oxygen atoms in total. The largest absolute Gasteiger partial charge is 0.349 e. The van der Waals surface area contributed by atoms with Gasteiger partial charge in [-0.25, -0.2) is 4.68 Å². The lowest BCUT2D eigenvalue weighted by Gasteiger charge is -2.12. The molecule has 1 aromatic heterocycles. The quantitative estimate of drug-likeness (QED) is 0.917. The second kappa shape index (κ2) is 6.76. The monoisotopic (exact) mass is 305 g/mol. The molecule has 5 heteroatoms. The van der Waals surface area contributed by atoms with Gasteiger partial charge in [-0.2, -0.15) is 5.10 Å². The lowest BCUT2D eigenvalue weighted by molar-refractivity contribution is 0.0938. The van der Waals surface area contributed by atoms with Gasteiger partial charge in [0.2, 0.25) is 0 Å². The standard InChI is InChI=1S/C16H20ClN3O/c1-4-11(3)19-16(21)14-10-18-20(15(14)5-2)13-8-6-7-12(17)9-13/h6-11H,4-5H2,1-3H3,(H,19,21). The van der Waals surface area contributed by atoms with E-state index >= 15 is 0 Å². The summed E-state index contributed by atoms with van der Waals surface area (Å²) in [6.07, 6.45) is 3.24. The first-order valence-electron chi connectivity index (χ1n) is 7.20. The van der Waals surface area contributed by atoms with Crippen molar-refractivity contribution in [3.05, 3.63) is 46.7 Å². The van der Waals surface area contributed by atoms with E-state index in [0.717, 1.165) is 24.2 Å². The highest BCUT2D eigenvalue weighted by molar-refractivity contribution is 6.30. The van der Waals surface area contributed by atoms with Gasteiger partial charge in [-0.1, -0.05) is 31.5 Å². The third-order valence-corrected chi connectivity index (χ3v) is 3.73. The fourth-order valence-electron chi connectivity index (χ4n) is 2.14. The minimum absolute atomic E-state index is 0.0746. The van der Waals surface area contributed by atoms with Crippen LogP contribution >= 0.6 is 11.6 Å². The lowest BCUT2D eigenvalue weighted by atomic mass is 10.1. The van der Waals surface area contributed by atoms with E-state index in [1.165, 1.54) is 0 Å². The van der Waals surface area contributed by atoms with E-state index in [4.69, 9.17) is 11.6 Å². The number of hydrogen-bond acceptors (Lipinski definition) is 2. The van der Waals surface area contributed by atoms with Crippen LogP contribution in [0.2, 0.25) is 5.02 Å². The highest BCUT2D eigenvalue weighted by atomic mass is 35.5. The van der Waals surface area contributed by atoms with Crippen molar-refractivity contribution in [1.82, 2.24) is 15.1 Å². The molecule has 0 saturated carbocycles. The molecule has 0 bridgehead atoms. The van der Waals surface area contributed by atoms with Crippen molar-refractivity contribution in [1.29, 1.82) is 0 Å². The zero-order valence-electron chi connectivity index (χ0n) is 12.6. The Labute approximate surface area is 130 Å². The van der Waals surface area contributed by atoms with E-state index in [1.807, 2.05) is 45.0 Å². The number of rotatable bonds is 5. The van der Waals surface area contributed by atoms with Gasteiger partial charge in [0.1, 0.15) is 0 Å². The number of amides is 1. The second-order valence-electron chi connectivity index (χ2n) is 5.03. The fourth-order valence-corrected chi connectivity index (χ4v) is 2.32. The fraction of sp³-hybridized carbons (Fsp3) is 0.375. The maximum atomic E-state index is 12.3. The van der Waals surface area contributed by atoms with Crippen LogP contribution in [0.25, 0.3) is 5.69 Å². The van der Waals surface area contributed by atoms with Crippen molar-refractivity contribution in [3.63, 3.8) is 0 Å². The highest BCUT2D eigenvalue weighted by Gasteiger charge is 2.18. The van der Waals surface area contributed by atoms with Crippen LogP contribution < -0.4 is 5.32 Å². The molecule has 1 heterocycles. The van der Waals surface area contributed by atoms with E-state index in [0.29, 0.717) is 10.6 Å². The summed E-state index contributed by atoms with van der Waals surface area (Å²) in [7, 11) is 0. The van der Waals surface area contributed by atoms with Crippen LogP contribution in [0.3, 0.4) is 0 Å². The Balaban J connectivity index is 2.36. The zero-order valence-corrected chi connectivity index (χ0v) is 13.3. The number of nitrogens with zero attached hydrogens (tertiary/aromatic N) is 2. The number of hydrogen-bond donors (Lipinski definition) is 1. The van der Waals surface area contributed by atoms with Crippen LogP contribution in [0.15, 0.2) is 30.5 Å². The molecule has 0 aliphatic carbocycles. The SMILES string of the molecule is CCc1c(C(=O)NC(C)CC)cnn1-c1cccc(Cl)c1. The third kappa shape index (κ3) is 3.45. The minimum Gasteiger partial charge on any atom is -0.349 e. The summed E-state index contributed by atoms with van der Waals surface area (Å²) in [5.41, 5.74) is 2.37. The number of carbonyl (C=O) groups is 1. The Kier molecular flexibility index (Phi) is 5.02. The van der Waals surface area contributed by atoms with Gasteiger partial charge in [0.25, 0.3) is 5.91 Å². The molecule has 0 saturated heterocycles. The van der Waals surface area contributed by atoms with Crippen LogP contribution in [0.1, 0.15) is 43.2 Å². The van der Waals surface area contributed by atoms with E-state index < -0.39 is 0 Å². The highest BCUT2D eigenvalue weighted by Crippen LogP contribution is 2.19. The van der Waals surface area contributed by atoms with E-state index in [2.05, 4.69) is 10.4 Å². The lowest BCUT2D eigenvalue weighted by Crippen LogP contribution is -2.32. The number of halogens is 1. The van der Waals surface area contributed by atoms with Crippen molar-refractivity contribution in [2.45, 2.75) is 39.7 Å². The molecule has 1 amide bonds. The molecule has 1 unspecified atom stereocenters. The van der Waals surface area contributed by atoms with Gasteiger partial charge in [0.05, 0.1) is 23.1 Å². The smallest absolute Gasteiger partial charge is 0.254 e. The molecule has 112 valence electrons. The van der Waals surface area contributed by atoms with Crippen LogP contribution in [-0.2, 0) is 6.42 Å². The molecular formula is C16H20ClN3O. The van der Waals surface area contributed by atoms with Crippen molar-refractivity contribution in [3.8, 4) is 5.69 Å². The molecule has 21 heavy (non-hydrogen) atoms. The third-order valence-electron chi connectivity index (χ3n) is 3.49. The molecule has 0 radical (unpaired) electrons. The zero-order chi connectivity index (χ0) is 15.4. The minimum atomic E-state index is -0.0746. The summed E-state index contributed by atoms with van der Waals surface area (Å²) >= 11 is 6.03. The van der Waals surface area contributed by atoms with Crippen LogP contribution in [0, 0.1) is 0 Å². The van der Waals surface area contributed by atoms with Gasteiger partial charge in [-0.15, -0.1) is 0 Å². The average Bonchev–Trinajstić information content (AvgIpc) is 2.90. The first kappa shape index (κ1) is 15.6. The van der Waals surface area contributed by atoms with Gasteiger partial charge < -0.3 is 5.32 Å². The summed E-state index contributed by atoms with van der Waals surface area (Å²) in [4.78, 5) is 12.3. The normalized spacial score (nSPS) is 12.2. The summed E-state index contributed by atoms with van der Waals surface area (Å²) in [6, 6.07) is 7.60. The first-order valence-corrected chi connectivity index (χ1v) is 7.58. The summed E-state index contributed by atoms with van der Waals surface area (Å²) < 4.78 is 1.78. The maximum absolute atomic E-state index is 12.3. The van der Waals surface area contributed by atoms with E-state index in [9.17, 15) is 4.79 Å². The molecule has 0 fully saturated rings. The van der Waals surface area contributed by atoms with Gasteiger partial charge in [0.15, 0.2) is 0 Å². The Morgan fingerprint density at radius 3 is 2.81 bits per heavy atom. The van der Waals surface area contributed by atoms with Crippen molar-refractivity contribution in [2.24, 2.45) is 0 Å². The van der Waals surface area contributed by atoms with Crippen LogP contribution in [0.4, 0.5) is 0 Å². The molecule has 1 atom stereocenters. The Bertz CT molecular complexity index is 636. The number of aromatic nitrogens is 2. The molecule has 2 aromatic rings. The molecule has 1 N–H and O–H groups in total. The number of nitrogens with one attached hydrogen (secondary N) is 1. The summed E-state index contributed by atoms with van der Waals surface area (Å²) in [5, 5.41) is 7.98. The van der Waals surface area contributed by atoms with Crippen molar-refractivity contribution < 1.29 is 4.79 Å². The van der Waals surface area contributed by atoms with Crippen molar-refractivity contribution >= 4 is 17.5 Å². The van der Waals surface area contributed by atoms with Crippen molar-refractivity contribution in [2.75, 3.05) is 0 Å². The van der Waals surface area contributed by atoms with E-state index in [-0.39, 0.29) is 11.9 Å². The second-order valence-corrected chi connectivity index (χ2v) is 5.47. The summed E-state index contributed by atoms with van der Waals surface area (Å²) in [5.74, 6) is -0.0746. The van der Waals surface area contributed by atoms with Gasteiger partial charge >= 0.3 is 0 Å².